The molecular formula is C10H12ClN5O2S. The highest BCUT2D eigenvalue weighted by atomic mass is 35.5. The maximum absolute atomic E-state index is 12.2. The first-order valence-corrected chi connectivity index (χ1v) is 7.10. The van der Waals surface area contributed by atoms with Gasteiger partial charge in [0.05, 0.1) is 4.90 Å². The molecule has 1 aromatic heterocycles. The molecule has 0 unspecified atom stereocenters. The number of halogens is 1. The summed E-state index contributed by atoms with van der Waals surface area (Å²) in [4.78, 5) is 3.76. The third-order valence-electron chi connectivity index (χ3n) is 2.61. The Bertz CT molecular complexity index is 702. The van der Waals surface area contributed by atoms with E-state index in [-0.39, 0.29) is 10.8 Å². The molecule has 2 rings (SSSR count). The number of aromatic nitrogens is 3. The lowest BCUT2D eigenvalue weighted by atomic mass is 10.2. The zero-order valence-corrected chi connectivity index (χ0v) is 11.8. The Labute approximate surface area is 115 Å². The van der Waals surface area contributed by atoms with Gasteiger partial charge in [-0.15, -0.1) is 0 Å². The molecule has 0 saturated carbocycles. The van der Waals surface area contributed by atoms with Crippen molar-refractivity contribution in [2.75, 3.05) is 10.5 Å². The van der Waals surface area contributed by atoms with Crippen LogP contribution < -0.4 is 10.5 Å². The van der Waals surface area contributed by atoms with Crippen molar-refractivity contribution in [3.63, 3.8) is 0 Å². The molecule has 0 bridgehead atoms. The monoisotopic (exact) mass is 301 g/mol. The van der Waals surface area contributed by atoms with Gasteiger partial charge in [0.25, 0.3) is 10.0 Å². The van der Waals surface area contributed by atoms with Crippen molar-refractivity contribution < 1.29 is 8.42 Å². The summed E-state index contributed by atoms with van der Waals surface area (Å²) >= 11 is 5.93. The van der Waals surface area contributed by atoms with Crippen molar-refractivity contribution >= 4 is 33.3 Å². The summed E-state index contributed by atoms with van der Waals surface area (Å²) in [7, 11) is -2.23. The Morgan fingerprint density at radius 1 is 1.42 bits per heavy atom. The van der Waals surface area contributed by atoms with E-state index in [1.54, 1.807) is 14.0 Å². The van der Waals surface area contributed by atoms with Crippen LogP contribution in [0, 0.1) is 6.92 Å². The standard InChI is InChI=1S/C10H12ClN5O2S/c1-6-8(11)3-7(4-9(6)12)19(17,18)15-10-13-5-14-16(10)2/h3-5H,12H2,1-2H3,(H,13,14,15). The molecule has 0 aliphatic heterocycles. The number of nitrogen functional groups attached to an aromatic ring is 1. The highest BCUT2D eigenvalue weighted by molar-refractivity contribution is 7.92. The lowest BCUT2D eigenvalue weighted by molar-refractivity contribution is 0.600. The smallest absolute Gasteiger partial charge is 0.264 e. The van der Waals surface area contributed by atoms with Crippen LogP contribution in [-0.2, 0) is 17.1 Å². The van der Waals surface area contributed by atoms with Crippen molar-refractivity contribution in [3.05, 3.63) is 29.0 Å². The second-order valence-electron chi connectivity index (χ2n) is 3.93. The molecule has 1 heterocycles. The summed E-state index contributed by atoms with van der Waals surface area (Å²) in [6.07, 6.45) is 1.24. The SMILES string of the molecule is Cc1c(N)cc(S(=O)(=O)Nc2ncnn2C)cc1Cl. The van der Waals surface area contributed by atoms with Gasteiger partial charge in [-0.3, -0.25) is 0 Å². The van der Waals surface area contributed by atoms with Gasteiger partial charge in [-0.1, -0.05) is 11.6 Å². The van der Waals surface area contributed by atoms with Crippen LogP contribution in [0.25, 0.3) is 0 Å². The summed E-state index contributed by atoms with van der Waals surface area (Å²) in [5.41, 5.74) is 6.66. The molecule has 3 N–H and O–H groups in total. The molecular weight excluding hydrogens is 290 g/mol. The zero-order chi connectivity index (χ0) is 14.2. The van der Waals surface area contributed by atoms with E-state index in [9.17, 15) is 8.42 Å². The maximum Gasteiger partial charge on any atom is 0.264 e. The lowest BCUT2D eigenvalue weighted by Gasteiger charge is -2.10. The third kappa shape index (κ3) is 2.64. The van der Waals surface area contributed by atoms with Gasteiger partial charge < -0.3 is 5.73 Å². The van der Waals surface area contributed by atoms with Crippen molar-refractivity contribution in [2.45, 2.75) is 11.8 Å². The molecule has 2 aromatic rings. The van der Waals surface area contributed by atoms with Crippen molar-refractivity contribution in [2.24, 2.45) is 7.05 Å². The normalized spacial score (nSPS) is 11.5. The van der Waals surface area contributed by atoms with E-state index in [0.717, 1.165) is 0 Å². The lowest BCUT2D eigenvalue weighted by Crippen LogP contribution is -2.16. The van der Waals surface area contributed by atoms with E-state index < -0.39 is 10.0 Å². The molecule has 0 saturated heterocycles. The molecule has 0 radical (unpaired) electrons. The van der Waals surface area contributed by atoms with Gasteiger partial charge in [0.1, 0.15) is 6.33 Å². The van der Waals surface area contributed by atoms with Crippen molar-refractivity contribution in [1.29, 1.82) is 0 Å². The minimum atomic E-state index is -3.81. The van der Waals surface area contributed by atoms with Gasteiger partial charge >= 0.3 is 0 Å². The fraction of sp³-hybridized carbons (Fsp3) is 0.200. The minimum absolute atomic E-state index is 0.0244. The number of nitrogens with zero attached hydrogens (tertiary/aromatic N) is 3. The van der Waals surface area contributed by atoms with Gasteiger partial charge in [0, 0.05) is 17.8 Å². The number of anilines is 2. The van der Waals surface area contributed by atoms with Crippen molar-refractivity contribution in [1.82, 2.24) is 14.8 Å². The van der Waals surface area contributed by atoms with E-state index in [2.05, 4.69) is 14.8 Å². The molecule has 0 aliphatic carbocycles. The summed E-state index contributed by atoms with van der Waals surface area (Å²) in [5, 5.41) is 4.06. The van der Waals surface area contributed by atoms with Crippen LogP contribution in [0.15, 0.2) is 23.4 Å². The molecule has 0 amide bonds. The van der Waals surface area contributed by atoms with Crippen LogP contribution in [0.4, 0.5) is 11.6 Å². The Morgan fingerprint density at radius 3 is 2.63 bits per heavy atom. The van der Waals surface area contributed by atoms with Crippen LogP contribution in [0.3, 0.4) is 0 Å². The number of sulfonamides is 1. The number of hydrogen-bond donors (Lipinski definition) is 2. The molecule has 0 atom stereocenters. The number of nitrogens with two attached hydrogens (primary N) is 1. The molecule has 102 valence electrons. The summed E-state index contributed by atoms with van der Waals surface area (Å²) in [6.45, 7) is 1.71. The Balaban J connectivity index is 2.43. The second kappa shape index (κ2) is 4.71. The second-order valence-corrected chi connectivity index (χ2v) is 6.02. The van der Waals surface area contributed by atoms with E-state index in [0.29, 0.717) is 16.3 Å². The number of hydrogen-bond acceptors (Lipinski definition) is 5. The van der Waals surface area contributed by atoms with Gasteiger partial charge in [0.2, 0.25) is 5.95 Å². The van der Waals surface area contributed by atoms with E-state index in [1.807, 2.05) is 0 Å². The summed E-state index contributed by atoms with van der Waals surface area (Å²) in [5.74, 6) is 0.107. The minimum Gasteiger partial charge on any atom is -0.398 e. The predicted molar refractivity (Wildman–Crippen MR) is 72.4 cm³/mol. The molecule has 0 fully saturated rings. The quantitative estimate of drug-likeness (QED) is 0.828. The van der Waals surface area contributed by atoms with E-state index in [4.69, 9.17) is 17.3 Å². The average Bonchev–Trinajstić information content (AvgIpc) is 2.70. The topological polar surface area (TPSA) is 103 Å². The molecule has 7 nitrogen and oxygen atoms in total. The molecule has 19 heavy (non-hydrogen) atoms. The molecule has 1 aromatic carbocycles. The van der Waals surface area contributed by atoms with Crippen LogP contribution in [0.5, 0.6) is 0 Å². The molecule has 0 aliphatic rings. The maximum atomic E-state index is 12.2. The summed E-state index contributed by atoms with van der Waals surface area (Å²) in [6, 6.07) is 2.69. The van der Waals surface area contributed by atoms with Crippen LogP contribution in [0.1, 0.15) is 5.56 Å². The summed E-state index contributed by atoms with van der Waals surface area (Å²) < 4.78 is 27.9. The first-order valence-electron chi connectivity index (χ1n) is 5.23. The number of rotatable bonds is 3. The van der Waals surface area contributed by atoms with E-state index in [1.165, 1.54) is 23.1 Å². The van der Waals surface area contributed by atoms with E-state index >= 15 is 0 Å². The van der Waals surface area contributed by atoms with Gasteiger partial charge in [-0.2, -0.15) is 10.1 Å². The third-order valence-corrected chi connectivity index (χ3v) is 4.31. The number of aryl methyl sites for hydroxylation is 1. The first kappa shape index (κ1) is 13.6. The molecule has 0 spiro atoms. The van der Waals surface area contributed by atoms with Gasteiger partial charge in [0.15, 0.2) is 0 Å². The highest BCUT2D eigenvalue weighted by Gasteiger charge is 2.19. The largest absolute Gasteiger partial charge is 0.398 e. The first-order chi connectivity index (χ1) is 8.81. The van der Waals surface area contributed by atoms with Crippen LogP contribution in [-0.4, -0.2) is 23.2 Å². The Kier molecular flexibility index (Phi) is 3.38. The fourth-order valence-electron chi connectivity index (χ4n) is 1.40. The number of benzene rings is 1. The highest BCUT2D eigenvalue weighted by Crippen LogP contribution is 2.26. The average molecular weight is 302 g/mol. The van der Waals surface area contributed by atoms with Gasteiger partial charge in [-0.25, -0.2) is 17.8 Å². The Hall–Kier alpha value is -1.80. The van der Waals surface area contributed by atoms with Crippen molar-refractivity contribution in [3.8, 4) is 0 Å². The zero-order valence-electron chi connectivity index (χ0n) is 10.3. The Morgan fingerprint density at radius 2 is 2.11 bits per heavy atom. The molecule has 9 heteroatoms. The van der Waals surface area contributed by atoms with Gasteiger partial charge in [-0.05, 0) is 24.6 Å². The fourth-order valence-corrected chi connectivity index (χ4v) is 2.79. The van der Waals surface area contributed by atoms with Crippen LogP contribution in [0.2, 0.25) is 5.02 Å². The van der Waals surface area contributed by atoms with Crippen LogP contribution >= 0.6 is 11.6 Å². The number of nitrogens with one attached hydrogen (secondary N) is 1. The predicted octanol–water partition coefficient (Wildman–Crippen LogP) is 1.16.